The Balaban J connectivity index is 0.000000171. The van der Waals surface area contributed by atoms with Gasteiger partial charge < -0.3 is 14.4 Å². The number of para-hydroxylation sites is 1. The molecule has 6 heteroatoms. The molecule has 0 bridgehead atoms. The molecular formula is C50H38IrN2OSSi-2. The van der Waals surface area contributed by atoms with E-state index >= 15 is 0 Å². The van der Waals surface area contributed by atoms with E-state index in [0.29, 0.717) is 11.1 Å². The molecule has 3 nitrogen and oxygen atoms in total. The molecule has 0 N–H and O–H groups in total. The smallest absolute Gasteiger partial charge is 0.120 e. The van der Waals surface area contributed by atoms with Gasteiger partial charge >= 0.3 is 0 Å². The molecule has 10 aromatic rings. The fraction of sp³-hybridized carbons (Fsp3) is 0.0800. The van der Waals surface area contributed by atoms with Crippen molar-refractivity contribution in [2.75, 3.05) is 0 Å². The topological polar surface area (TPSA) is 38.9 Å². The van der Waals surface area contributed by atoms with Crippen LogP contribution in [-0.2, 0) is 26.5 Å². The molecular weight excluding hydrogens is 897 g/mol. The minimum absolute atomic E-state index is 0. The van der Waals surface area contributed by atoms with Crippen molar-refractivity contribution in [3.05, 3.63) is 187 Å². The minimum Gasteiger partial charge on any atom is -0.500 e. The van der Waals surface area contributed by atoms with Gasteiger partial charge in [0.15, 0.2) is 0 Å². The number of fused-ring (bicyclic) bond motifs is 6. The van der Waals surface area contributed by atoms with Crippen LogP contribution >= 0.6 is 11.3 Å². The SMILES string of the molecule is C[Si](C)(C)c1ccc(-c2[c-]cc3oc4ccccc4c3c2)nc1.[2H]C([2H])(c1ccccc1)c1ccnc(-c2[c-]ccc3c2sc2cc(-c4ccccc4)ccc23)c1.[Ir]. The molecule has 0 spiro atoms. The Bertz CT molecular complexity index is 3030. The van der Waals surface area contributed by atoms with Crippen molar-refractivity contribution in [1.29, 1.82) is 0 Å². The van der Waals surface area contributed by atoms with E-state index in [1.807, 2.05) is 79.0 Å². The maximum Gasteiger partial charge on any atom is 0.120 e. The first kappa shape index (κ1) is 35.0. The average Bonchev–Trinajstić information content (AvgIpc) is 3.82. The van der Waals surface area contributed by atoms with Crippen LogP contribution in [0, 0.1) is 12.1 Å². The third-order valence-electron chi connectivity index (χ3n) is 9.83. The number of hydrogen-bond acceptors (Lipinski definition) is 4. The second-order valence-corrected chi connectivity index (χ2v) is 20.7. The first-order valence-corrected chi connectivity index (χ1v) is 22.7. The van der Waals surface area contributed by atoms with Gasteiger partial charge in [-0.05, 0) is 73.5 Å². The summed E-state index contributed by atoms with van der Waals surface area (Å²) in [6.45, 7) is 7.00. The third kappa shape index (κ3) is 7.67. The number of thiophene rings is 1. The molecule has 275 valence electrons. The van der Waals surface area contributed by atoms with Crippen molar-refractivity contribution in [2.24, 2.45) is 0 Å². The zero-order valence-electron chi connectivity index (χ0n) is 33.1. The third-order valence-corrected chi connectivity index (χ3v) is 13.0. The summed E-state index contributed by atoms with van der Waals surface area (Å²) in [5, 5.41) is 6.01. The summed E-state index contributed by atoms with van der Waals surface area (Å²) < 4.78 is 25.7. The predicted octanol–water partition coefficient (Wildman–Crippen LogP) is 13.2. The summed E-state index contributed by atoms with van der Waals surface area (Å²) in [4.78, 5) is 9.27. The van der Waals surface area contributed by atoms with E-state index in [0.717, 1.165) is 49.2 Å². The van der Waals surface area contributed by atoms with Gasteiger partial charge in [0.1, 0.15) is 5.58 Å². The number of rotatable bonds is 6. The molecule has 0 amide bonds. The van der Waals surface area contributed by atoms with Gasteiger partial charge in [-0.25, -0.2) is 0 Å². The molecule has 4 aromatic heterocycles. The van der Waals surface area contributed by atoms with Crippen LogP contribution in [-0.4, -0.2) is 18.0 Å². The van der Waals surface area contributed by atoms with Crippen molar-refractivity contribution in [3.8, 4) is 33.6 Å². The zero-order valence-corrected chi connectivity index (χ0v) is 35.3. The molecule has 0 unspecified atom stereocenters. The van der Waals surface area contributed by atoms with E-state index in [1.54, 1.807) is 23.6 Å². The summed E-state index contributed by atoms with van der Waals surface area (Å²) in [6, 6.07) is 57.1. The first-order valence-electron chi connectivity index (χ1n) is 19.4. The standard InChI is InChI=1S/C30H20NS.C20H18NOSi.Ir/c1-3-8-21(9-4-1)18-22-16-17-31-28(19-22)27-13-7-12-26-25-15-14-24(20-29(25)32-30(26)27)23-10-5-2-6-11-23;1-23(2,3)15-9-10-18(21-13-15)14-8-11-20-17(12-14)16-6-4-5-7-19(16)22-20;/h1-12,14-17,19-20H,18H2;4-7,9-13H,1-3H3;/q2*-1;/i18D2;;. The molecule has 0 aliphatic heterocycles. The van der Waals surface area contributed by atoms with Gasteiger partial charge in [0, 0.05) is 45.3 Å². The minimum atomic E-state index is -1.61. The van der Waals surface area contributed by atoms with Crippen LogP contribution in [0.15, 0.2) is 168 Å². The van der Waals surface area contributed by atoms with Gasteiger partial charge in [0.2, 0.25) is 0 Å². The van der Waals surface area contributed by atoms with E-state index in [9.17, 15) is 0 Å². The van der Waals surface area contributed by atoms with Gasteiger partial charge in [-0.15, -0.1) is 47.5 Å². The maximum absolute atomic E-state index is 8.75. The Morgan fingerprint density at radius 1 is 0.643 bits per heavy atom. The fourth-order valence-corrected chi connectivity index (χ4v) is 9.17. The molecule has 4 heterocycles. The van der Waals surface area contributed by atoms with E-state index in [4.69, 9.17) is 7.16 Å². The summed E-state index contributed by atoms with van der Waals surface area (Å²) >= 11 is 1.74. The van der Waals surface area contributed by atoms with Crippen LogP contribution < -0.4 is 5.19 Å². The molecule has 0 aliphatic rings. The summed E-state index contributed by atoms with van der Waals surface area (Å²) in [5.74, 6) is 0. The van der Waals surface area contributed by atoms with Crippen LogP contribution in [0.5, 0.6) is 0 Å². The van der Waals surface area contributed by atoms with E-state index in [1.165, 1.54) is 31.8 Å². The molecule has 0 atom stereocenters. The number of benzene rings is 6. The van der Waals surface area contributed by atoms with Crippen LogP contribution in [0.2, 0.25) is 19.6 Å². The zero-order chi connectivity index (χ0) is 39.1. The number of nitrogens with zero attached hydrogens (tertiary/aromatic N) is 2. The van der Waals surface area contributed by atoms with Crippen LogP contribution in [0.1, 0.15) is 13.9 Å². The molecule has 0 fully saturated rings. The maximum atomic E-state index is 8.75. The van der Waals surface area contributed by atoms with Crippen LogP contribution in [0.3, 0.4) is 0 Å². The Morgan fingerprint density at radius 2 is 1.43 bits per heavy atom. The molecule has 56 heavy (non-hydrogen) atoms. The van der Waals surface area contributed by atoms with Crippen molar-refractivity contribution in [3.63, 3.8) is 0 Å². The quantitative estimate of drug-likeness (QED) is 0.123. The molecule has 1 radical (unpaired) electrons. The van der Waals surface area contributed by atoms with Crippen LogP contribution in [0.4, 0.5) is 0 Å². The number of aromatic nitrogens is 2. The summed E-state index contributed by atoms with van der Waals surface area (Å²) in [5.41, 5.74) is 9.00. The second-order valence-electron chi connectivity index (χ2n) is 14.6. The van der Waals surface area contributed by atoms with E-state index < -0.39 is 14.4 Å². The summed E-state index contributed by atoms with van der Waals surface area (Å²) in [6.07, 6.45) is 2.10. The normalized spacial score (nSPS) is 12.2. The Labute approximate surface area is 348 Å². The van der Waals surface area contributed by atoms with Crippen molar-refractivity contribution in [1.82, 2.24) is 9.97 Å². The van der Waals surface area contributed by atoms with Crippen LogP contribution in [0.25, 0.3) is 75.8 Å². The molecule has 0 aliphatic carbocycles. The number of hydrogen-bond donors (Lipinski definition) is 0. The Morgan fingerprint density at radius 3 is 2.21 bits per heavy atom. The van der Waals surface area contributed by atoms with E-state index in [-0.39, 0.29) is 20.1 Å². The largest absolute Gasteiger partial charge is 0.500 e. The molecule has 6 aromatic carbocycles. The molecule has 0 saturated carbocycles. The van der Waals surface area contributed by atoms with Crippen molar-refractivity contribution >= 4 is 66.7 Å². The number of pyridine rings is 2. The van der Waals surface area contributed by atoms with Gasteiger partial charge in [-0.1, -0.05) is 140 Å². The second kappa shape index (κ2) is 15.9. The summed E-state index contributed by atoms with van der Waals surface area (Å²) in [7, 11) is -1.31. The predicted molar refractivity (Wildman–Crippen MR) is 235 cm³/mol. The number of furan rings is 1. The van der Waals surface area contributed by atoms with Gasteiger partial charge in [-0.2, -0.15) is 11.3 Å². The molecule has 0 saturated heterocycles. The first-order chi connectivity index (χ1) is 27.6. The van der Waals surface area contributed by atoms with Crippen molar-refractivity contribution < 1.29 is 27.3 Å². The Kier molecular flexibility index (Phi) is 9.95. The average molecular weight is 937 g/mol. The van der Waals surface area contributed by atoms with E-state index in [2.05, 4.69) is 115 Å². The monoisotopic (exact) mass is 937 g/mol. The molecule has 10 rings (SSSR count). The van der Waals surface area contributed by atoms with Crippen molar-refractivity contribution in [2.45, 2.75) is 26.0 Å². The Hall–Kier alpha value is -5.49. The van der Waals surface area contributed by atoms with Gasteiger partial charge in [0.05, 0.1) is 13.7 Å². The van der Waals surface area contributed by atoms with Gasteiger partial charge in [-0.3, -0.25) is 0 Å². The fourth-order valence-electron chi connectivity index (χ4n) is 6.89. The van der Waals surface area contributed by atoms with Gasteiger partial charge in [0.25, 0.3) is 0 Å².